The molecular formula is C21H20N4O4. The molecule has 29 heavy (non-hydrogen) atoms. The quantitative estimate of drug-likeness (QED) is 0.596. The molecule has 0 aliphatic heterocycles. The Labute approximate surface area is 167 Å². The number of carbonyl (C=O) groups is 2. The highest BCUT2D eigenvalue weighted by Gasteiger charge is 2.15. The summed E-state index contributed by atoms with van der Waals surface area (Å²) in [5.74, 6) is 0.267. The lowest BCUT2D eigenvalue weighted by atomic mass is 10.1. The Hall–Kier alpha value is -3.94. The maximum atomic E-state index is 12.4. The number of benzene rings is 2. The molecule has 0 atom stereocenters. The molecule has 0 spiro atoms. The first-order chi connectivity index (χ1) is 14.1. The first kappa shape index (κ1) is 19.8. The summed E-state index contributed by atoms with van der Waals surface area (Å²) in [6.07, 6.45) is 0. The van der Waals surface area contributed by atoms with Crippen LogP contribution < -0.4 is 15.4 Å². The highest BCUT2D eigenvalue weighted by atomic mass is 16.5. The number of amides is 1. The number of anilines is 2. The van der Waals surface area contributed by atoms with Crippen LogP contribution in [0.4, 0.5) is 11.5 Å². The number of carbonyl (C=O) groups excluding carboxylic acids is 2. The van der Waals surface area contributed by atoms with Gasteiger partial charge in [-0.1, -0.05) is 30.3 Å². The number of aromatic nitrogens is 2. The predicted molar refractivity (Wildman–Crippen MR) is 108 cm³/mol. The largest absolute Gasteiger partial charge is 0.496 e. The number of nitrogens with one attached hydrogen (secondary N) is 2. The zero-order valence-corrected chi connectivity index (χ0v) is 16.0. The van der Waals surface area contributed by atoms with Crippen molar-refractivity contribution in [2.45, 2.75) is 6.54 Å². The Bertz CT molecular complexity index is 1010. The van der Waals surface area contributed by atoms with E-state index in [0.29, 0.717) is 18.1 Å². The molecule has 0 saturated heterocycles. The minimum Gasteiger partial charge on any atom is -0.496 e. The van der Waals surface area contributed by atoms with Crippen molar-refractivity contribution in [2.24, 2.45) is 0 Å². The molecule has 148 valence electrons. The van der Waals surface area contributed by atoms with Gasteiger partial charge in [0.15, 0.2) is 5.69 Å². The first-order valence-electron chi connectivity index (χ1n) is 8.80. The van der Waals surface area contributed by atoms with Crippen LogP contribution in [0.5, 0.6) is 5.75 Å². The minimum absolute atomic E-state index is 0.118. The van der Waals surface area contributed by atoms with E-state index >= 15 is 0 Å². The first-order valence-corrected chi connectivity index (χ1v) is 8.80. The highest BCUT2D eigenvalue weighted by Crippen LogP contribution is 2.19. The molecule has 2 N–H and O–H groups in total. The third kappa shape index (κ3) is 4.86. The molecular weight excluding hydrogens is 372 g/mol. The van der Waals surface area contributed by atoms with Gasteiger partial charge in [0.05, 0.1) is 25.5 Å². The van der Waals surface area contributed by atoms with Crippen molar-refractivity contribution in [1.82, 2.24) is 10.2 Å². The van der Waals surface area contributed by atoms with Crippen molar-refractivity contribution in [3.63, 3.8) is 0 Å². The van der Waals surface area contributed by atoms with Crippen LogP contribution in [-0.4, -0.2) is 36.3 Å². The van der Waals surface area contributed by atoms with Crippen molar-refractivity contribution in [1.29, 1.82) is 0 Å². The number of rotatable bonds is 7. The van der Waals surface area contributed by atoms with Crippen LogP contribution in [0.15, 0.2) is 60.7 Å². The van der Waals surface area contributed by atoms with Gasteiger partial charge < -0.3 is 20.1 Å². The van der Waals surface area contributed by atoms with Gasteiger partial charge in [-0.25, -0.2) is 4.79 Å². The molecule has 3 aromatic rings. The average molecular weight is 392 g/mol. The van der Waals surface area contributed by atoms with Gasteiger partial charge in [0.1, 0.15) is 11.6 Å². The molecule has 3 rings (SSSR count). The van der Waals surface area contributed by atoms with Crippen molar-refractivity contribution in [3.8, 4) is 5.75 Å². The molecule has 8 heteroatoms. The van der Waals surface area contributed by atoms with Crippen LogP contribution >= 0.6 is 0 Å². The third-order valence-electron chi connectivity index (χ3n) is 4.13. The molecule has 2 aromatic carbocycles. The fourth-order valence-corrected chi connectivity index (χ4v) is 2.65. The van der Waals surface area contributed by atoms with Gasteiger partial charge in [0.25, 0.3) is 5.91 Å². The summed E-state index contributed by atoms with van der Waals surface area (Å²) in [6.45, 7) is 0.497. The van der Waals surface area contributed by atoms with Gasteiger partial charge in [-0.2, -0.15) is 0 Å². The Morgan fingerprint density at radius 3 is 2.41 bits per heavy atom. The number of hydrogen-bond donors (Lipinski definition) is 2. The summed E-state index contributed by atoms with van der Waals surface area (Å²) in [5, 5.41) is 13.8. The van der Waals surface area contributed by atoms with Crippen molar-refractivity contribution >= 4 is 23.4 Å². The van der Waals surface area contributed by atoms with E-state index in [1.54, 1.807) is 43.5 Å². The third-order valence-corrected chi connectivity index (χ3v) is 4.13. The lowest BCUT2D eigenvalue weighted by Gasteiger charge is -2.10. The second-order valence-electron chi connectivity index (χ2n) is 5.96. The van der Waals surface area contributed by atoms with Crippen LogP contribution in [0, 0.1) is 0 Å². The summed E-state index contributed by atoms with van der Waals surface area (Å²) in [5.41, 5.74) is 1.68. The number of hydrogen-bond acceptors (Lipinski definition) is 7. The molecule has 0 aliphatic carbocycles. The van der Waals surface area contributed by atoms with Crippen molar-refractivity contribution in [2.75, 3.05) is 24.9 Å². The van der Waals surface area contributed by atoms with Gasteiger partial charge >= 0.3 is 5.97 Å². The fraction of sp³-hybridized carbons (Fsp3) is 0.143. The number of nitrogens with zero attached hydrogens (tertiary/aromatic N) is 2. The number of ether oxygens (including phenoxy) is 2. The summed E-state index contributed by atoms with van der Waals surface area (Å²) in [4.78, 5) is 24.3. The normalized spacial score (nSPS) is 10.1. The zero-order chi connectivity index (χ0) is 20.6. The van der Waals surface area contributed by atoms with Gasteiger partial charge in [-0.3, -0.25) is 4.79 Å². The molecule has 0 fully saturated rings. The van der Waals surface area contributed by atoms with Crippen LogP contribution in [0.3, 0.4) is 0 Å². The molecule has 8 nitrogen and oxygen atoms in total. The minimum atomic E-state index is -0.539. The fourth-order valence-electron chi connectivity index (χ4n) is 2.65. The summed E-state index contributed by atoms with van der Waals surface area (Å²) >= 11 is 0. The van der Waals surface area contributed by atoms with Gasteiger partial charge in [-0.05, 0) is 30.3 Å². The molecule has 0 aliphatic rings. The van der Waals surface area contributed by atoms with Crippen LogP contribution in [-0.2, 0) is 11.3 Å². The lowest BCUT2D eigenvalue weighted by molar-refractivity contribution is 0.0602. The smallest absolute Gasteiger partial charge is 0.339 e. The molecule has 1 aromatic heterocycles. The average Bonchev–Trinajstić information content (AvgIpc) is 2.78. The standard InChI is InChI=1S/C21H20N4O4/c1-28-18-10-6-3-7-14(18)13-22-19-12-11-17(24-25-19)20(26)23-16-9-5-4-8-15(16)21(27)29-2/h3-12H,13H2,1-2H3,(H,22,25)(H,23,26). The lowest BCUT2D eigenvalue weighted by Crippen LogP contribution is -2.17. The van der Waals surface area contributed by atoms with E-state index in [9.17, 15) is 9.59 Å². The SMILES string of the molecule is COC(=O)c1ccccc1NC(=O)c1ccc(NCc2ccccc2OC)nn1. The van der Waals surface area contributed by atoms with Crippen LogP contribution in [0.2, 0.25) is 0 Å². The van der Waals surface area contributed by atoms with Gasteiger partial charge in [-0.15, -0.1) is 10.2 Å². The molecule has 0 saturated carbocycles. The Morgan fingerprint density at radius 2 is 1.69 bits per heavy atom. The van der Waals surface area contributed by atoms with E-state index in [2.05, 4.69) is 20.8 Å². The molecule has 0 bridgehead atoms. The maximum absolute atomic E-state index is 12.4. The Kier molecular flexibility index (Phi) is 6.36. The van der Waals surface area contributed by atoms with E-state index in [4.69, 9.17) is 9.47 Å². The highest BCUT2D eigenvalue weighted by molar-refractivity contribution is 6.07. The Balaban J connectivity index is 1.66. The number of esters is 1. The van der Waals surface area contributed by atoms with E-state index in [0.717, 1.165) is 11.3 Å². The van der Waals surface area contributed by atoms with E-state index < -0.39 is 11.9 Å². The van der Waals surface area contributed by atoms with Gasteiger partial charge in [0, 0.05) is 12.1 Å². The number of para-hydroxylation sites is 2. The number of methoxy groups -OCH3 is 2. The van der Waals surface area contributed by atoms with Crippen molar-refractivity contribution < 1.29 is 19.1 Å². The Morgan fingerprint density at radius 1 is 0.931 bits per heavy atom. The van der Waals surface area contributed by atoms with E-state index in [-0.39, 0.29) is 11.3 Å². The summed E-state index contributed by atoms with van der Waals surface area (Å²) in [7, 11) is 2.90. The zero-order valence-electron chi connectivity index (χ0n) is 16.0. The van der Waals surface area contributed by atoms with Crippen LogP contribution in [0.1, 0.15) is 26.4 Å². The topological polar surface area (TPSA) is 102 Å². The van der Waals surface area contributed by atoms with Crippen LogP contribution in [0.25, 0.3) is 0 Å². The maximum Gasteiger partial charge on any atom is 0.339 e. The molecule has 1 heterocycles. The monoisotopic (exact) mass is 392 g/mol. The summed E-state index contributed by atoms with van der Waals surface area (Å²) in [6, 6.07) is 17.4. The second kappa shape index (κ2) is 9.32. The molecule has 0 radical (unpaired) electrons. The summed E-state index contributed by atoms with van der Waals surface area (Å²) < 4.78 is 10.0. The molecule has 1 amide bonds. The molecule has 0 unspecified atom stereocenters. The predicted octanol–water partition coefficient (Wildman–Crippen LogP) is 3.14. The van der Waals surface area contributed by atoms with E-state index in [1.165, 1.54) is 7.11 Å². The van der Waals surface area contributed by atoms with Gasteiger partial charge in [0.2, 0.25) is 0 Å². The second-order valence-corrected chi connectivity index (χ2v) is 5.96. The van der Waals surface area contributed by atoms with Crippen molar-refractivity contribution in [3.05, 3.63) is 77.5 Å². The van der Waals surface area contributed by atoms with E-state index in [1.807, 2.05) is 24.3 Å².